The summed E-state index contributed by atoms with van der Waals surface area (Å²) in [6, 6.07) is 9.23. The number of aryl methyl sites for hydroxylation is 2. The predicted octanol–water partition coefficient (Wildman–Crippen LogP) is 6.86. The monoisotopic (exact) mass is 569 g/mol. The number of furan rings is 1. The molecule has 1 atom stereocenters. The minimum absolute atomic E-state index is 0.0387. The van der Waals surface area contributed by atoms with E-state index in [9.17, 15) is 13.4 Å². The molecule has 0 N–H and O–H groups in total. The van der Waals surface area contributed by atoms with Gasteiger partial charge in [0.25, 0.3) is 0 Å². The molecule has 0 unspecified atom stereocenters. The van der Waals surface area contributed by atoms with Crippen molar-refractivity contribution in [1.82, 2.24) is 4.98 Å². The molecule has 0 radical (unpaired) electrons. The number of esters is 1. The van der Waals surface area contributed by atoms with Crippen LogP contribution in [0.3, 0.4) is 0 Å². The van der Waals surface area contributed by atoms with Gasteiger partial charge in [0.15, 0.2) is 5.82 Å². The molecular weight excluding hydrogens is 536 g/mol. The Balaban J connectivity index is 1.66. The second-order valence-corrected chi connectivity index (χ2v) is 12.8. The van der Waals surface area contributed by atoms with Gasteiger partial charge >= 0.3 is 5.97 Å². The number of rotatable bonds is 10. The third-order valence-electron chi connectivity index (χ3n) is 6.45. The average molecular weight is 570 g/mol. The normalized spacial score (nSPS) is 12.5. The van der Waals surface area contributed by atoms with Gasteiger partial charge in [-0.05, 0) is 70.0 Å². The zero-order chi connectivity index (χ0) is 29.0. The Hall–Kier alpha value is -3.59. The van der Waals surface area contributed by atoms with Gasteiger partial charge in [0, 0.05) is 62.1 Å². The summed E-state index contributed by atoms with van der Waals surface area (Å²) < 4.78 is 58.8. The summed E-state index contributed by atoms with van der Waals surface area (Å²) in [6.07, 6.45) is 3.32. The molecule has 0 saturated carbocycles. The molecule has 212 valence electrons. The fourth-order valence-electron chi connectivity index (χ4n) is 4.31. The van der Waals surface area contributed by atoms with Crippen molar-refractivity contribution in [2.24, 2.45) is 0 Å². The van der Waals surface area contributed by atoms with Crippen molar-refractivity contribution in [2.45, 2.75) is 58.8 Å². The lowest BCUT2D eigenvalue weighted by atomic mass is 9.98. The van der Waals surface area contributed by atoms with E-state index in [4.69, 9.17) is 13.9 Å². The molecule has 2 heterocycles. The van der Waals surface area contributed by atoms with Crippen LogP contribution in [-0.2, 0) is 39.8 Å². The number of halogens is 2. The van der Waals surface area contributed by atoms with Crippen molar-refractivity contribution in [3.63, 3.8) is 0 Å². The third-order valence-corrected chi connectivity index (χ3v) is 8.39. The van der Waals surface area contributed by atoms with Crippen LogP contribution in [0.5, 0.6) is 5.75 Å². The van der Waals surface area contributed by atoms with E-state index in [1.165, 1.54) is 24.4 Å². The zero-order valence-electron chi connectivity index (χ0n) is 23.3. The first-order valence-electron chi connectivity index (χ1n) is 13.1. The van der Waals surface area contributed by atoms with Gasteiger partial charge in [0.05, 0.1) is 25.0 Å². The Morgan fingerprint density at radius 2 is 1.88 bits per heavy atom. The summed E-state index contributed by atoms with van der Waals surface area (Å²) >= 11 is 0. The molecule has 6 nitrogen and oxygen atoms in total. The number of carbonyl (C=O) groups excluding carboxylic acids is 1. The first-order chi connectivity index (χ1) is 19.0. The summed E-state index contributed by atoms with van der Waals surface area (Å²) in [4.78, 5) is 16.3. The molecule has 2 aromatic carbocycles. The number of carbonyl (C=O) groups is 1. The van der Waals surface area contributed by atoms with E-state index >= 15 is 4.39 Å². The third kappa shape index (κ3) is 6.75. The van der Waals surface area contributed by atoms with E-state index in [2.05, 4.69) is 4.98 Å². The van der Waals surface area contributed by atoms with Gasteiger partial charge in [-0.3, -0.25) is 14.0 Å². The average Bonchev–Trinajstić information content (AvgIpc) is 3.27. The number of aromatic nitrogens is 1. The molecule has 2 aromatic heterocycles. The minimum atomic E-state index is -1.15. The van der Waals surface area contributed by atoms with Crippen LogP contribution in [0.25, 0.3) is 22.1 Å². The largest absolute Gasteiger partial charge is 0.488 e. The molecule has 0 amide bonds. The number of pyridine rings is 1. The summed E-state index contributed by atoms with van der Waals surface area (Å²) in [5.41, 5.74) is 3.64. The topological polar surface area (TPSA) is 78.6 Å². The summed E-state index contributed by atoms with van der Waals surface area (Å²) in [7, 11) is -1.15. The van der Waals surface area contributed by atoms with Gasteiger partial charge in [-0.1, -0.05) is 6.07 Å². The molecule has 0 fully saturated rings. The van der Waals surface area contributed by atoms with Crippen LogP contribution in [-0.4, -0.2) is 32.3 Å². The second kappa shape index (κ2) is 12.3. The van der Waals surface area contributed by atoms with Crippen LogP contribution in [0.1, 0.15) is 50.1 Å². The molecule has 0 spiro atoms. The summed E-state index contributed by atoms with van der Waals surface area (Å²) in [5.74, 6) is -0.913. The molecule has 40 heavy (non-hydrogen) atoms. The van der Waals surface area contributed by atoms with E-state index < -0.39 is 33.2 Å². The van der Waals surface area contributed by atoms with Gasteiger partial charge in [-0.25, -0.2) is 8.78 Å². The maximum absolute atomic E-state index is 15.8. The van der Waals surface area contributed by atoms with Crippen molar-refractivity contribution in [3.8, 4) is 16.9 Å². The first-order valence-corrected chi connectivity index (χ1v) is 14.4. The molecule has 0 aliphatic rings. The Morgan fingerprint density at radius 3 is 2.60 bits per heavy atom. The van der Waals surface area contributed by atoms with Crippen LogP contribution in [0.15, 0.2) is 53.3 Å². The van der Waals surface area contributed by atoms with E-state index in [0.717, 1.165) is 10.9 Å². The maximum atomic E-state index is 15.8. The number of hydrogen-bond acceptors (Lipinski definition) is 6. The molecular formula is C31H33F2NO5S. The molecule has 0 aliphatic heterocycles. The molecule has 4 aromatic rings. The SMILES string of the molecule is CCOC(=O)Cc1ccc(F)cc1OCc1cc(-c2ccnc(CC[S@](=O)C(C)(C)C)c2F)c2occ(C)c2c1. The molecule has 0 aliphatic carbocycles. The smallest absolute Gasteiger partial charge is 0.310 e. The number of ether oxygens (including phenoxy) is 2. The maximum Gasteiger partial charge on any atom is 0.310 e. The minimum Gasteiger partial charge on any atom is -0.488 e. The van der Waals surface area contributed by atoms with E-state index in [0.29, 0.717) is 33.6 Å². The van der Waals surface area contributed by atoms with Crippen LogP contribution in [0.2, 0.25) is 0 Å². The number of benzene rings is 2. The van der Waals surface area contributed by atoms with Crippen molar-refractivity contribution in [2.75, 3.05) is 12.4 Å². The van der Waals surface area contributed by atoms with Gasteiger partial charge in [-0.15, -0.1) is 0 Å². The predicted molar refractivity (Wildman–Crippen MR) is 152 cm³/mol. The van der Waals surface area contributed by atoms with Crippen LogP contribution < -0.4 is 4.74 Å². The Kier molecular flexibility index (Phi) is 9.03. The summed E-state index contributed by atoms with van der Waals surface area (Å²) in [6.45, 7) is 9.54. The second-order valence-electron chi connectivity index (χ2n) is 10.5. The van der Waals surface area contributed by atoms with Gasteiger partial charge in [0.2, 0.25) is 0 Å². The van der Waals surface area contributed by atoms with Gasteiger partial charge in [-0.2, -0.15) is 0 Å². The fourth-order valence-corrected chi connectivity index (χ4v) is 5.30. The molecule has 0 saturated heterocycles. The summed E-state index contributed by atoms with van der Waals surface area (Å²) in [5, 5.41) is 0.786. The quantitative estimate of drug-likeness (QED) is 0.194. The van der Waals surface area contributed by atoms with Gasteiger partial charge < -0.3 is 13.9 Å². The lowest BCUT2D eigenvalue weighted by Gasteiger charge is -2.17. The highest BCUT2D eigenvalue weighted by Crippen LogP contribution is 2.35. The Labute approximate surface area is 235 Å². The van der Waals surface area contributed by atoms with Crippen molar-refractivity contribution in [3.05, 3.63) is 82.9 Å². The van der Waals surface area contributed by atoms with Crippen molar-refractivity contribution in [1.29, 1.82) is 0 Å². The highest BCUT2D eigenvalue weighted by Gasteiger charge is 2.22. The highest BCUT2D eigenvalue weighted by atomic mass is 32.2. The molecule has 9 heteroatoms. The number of fused-ring (bicyclic) bond motifs is 1. The van der Waals surface area contributed by atoms with Gasteiger partial charge in [0.1, 0.15) is 23.8 Å². The van der Waals surface area contributed by atoms with E-state index in [1.807, 2.05) is 33.8 Å². The van der Waals surface area contributed by atoms with E-state index in [1.54, 1.807) is 25.3 Å². The van der Waals surface area contributed by atoms with Crippen molar-refractivity contribution >= 4 is 27.7 Å². The Morgan fingerprint density at radius 1 is 1.10 bits per heavy atom. The zero-order valence-corrected chi connectivity index (χ0v) is 24.1. The lowest BCUT2D eigenvalue weighted by Crippen LogP contribution is -2.25. The van der Waals surface area contributed by atoms with Crippen LogP contribution in [0, 0.1) is 18.6 Å². The van der Waals surface area contributed by atoms with Crippen LogP contribution in [0.4, 0.5) is 8.78 Å². The molecule has 0 bridgehead atoms. The first kappa shape index (κ1) is 29.4. The van der Waals surface area contributed by atoms with Crippen LogP contribution >= 0.6 is 0 Å². The van der Waals surface area contributed by atoms with E-state index in [-0.39, 0.29) is 37.5 Å². The fraction of sp³-hybridized carbons (Fsp3) is 0.355. The number of hydrogen-bond donors (Lipinski definition) is 0. The lowest BCUT2D eigenvalue weighted by molar-refractivity contribution is -0.142. The highest BCUT2D eigenvalue weighted by molar-refractivity contribution is 7.86. The molecule has 4 rings (SSSR count). The standard InChI is InChI=1S/C31H33F2NO5S/c1-6-37-28(35)15-21-7-8-22(32)16-27(21)38-18-20-13-24-19(2)17-39-30(24)25(14-20)23-9-11-34-26(29(23)33)10-12-40(36)31(3,4)5/h7-9,11,13-14,16-17H,6,10,12,15,18H2,1-5H3/t40-/m0/s1. The Bertz CT molecular complexity index is 1560. The number of nitrogens with zero attached hydrogens (tertiary/aromatic N) is 1. The van der Waals surface area contributed by atoms with Crippen molar-refractivity contribution < 1.29 is 31.7 Å².